The Labute approximate surface area is 158 Å². The van der Waals surface area contributed by atoms with Crippen LogP contribution in [0, 0.1) is 17.8 Å². The Hall–Kier alpha value is -1.60. The Morgan fingerprint density at radius 3 is 2.62 bits per heavy atom. The van der Waals surface area contributed by atoms with Crippen LogP contribution in [0.3, 0.4) is 0 Å². The number of carbonyl (C=O) groups is 1. The summed E-state index contributed by atoms with van der Waals surface area (Å²) in [7, 11) is 1.60. The van der Waals surface area contributed by atoms with Crippen molar-refractivity contribution in [3.8, 4) is 5.75 Å². The molecule has 142 valence electrons. The summed E-state index contributed by atoms with van der Waals surface area (Å²) < 4.78 is 10.7. The van der Waals surface area contributed by atoms with Gasteiger partial charge in [0.15, 0.2) is 16.7 Å². The van der Waals surface area contributed by atoms with E-state index in [1.54, 1.807) is 13.2 Å². The van der Waals surface area contributed by atoms with Gasteiger partial charge in [-0.1, -0.05) is 11.6 Å². The molecule has 1 N–H and O–H groups in total. The third kappa shape index (κ3) is 3.60. The monoisotopic (exact) mass is 380 g/mol. The summed E-state index contributed by atoms with van der Waals surface area (Å²) in [5.41, 5.74) is 0. The van der Waals surface area contributed by atoms with E-state index in [1.165, 1.54) is 0 Å². The molecule has 1 aromatic rings. The predicted octanol–water partition coefficient (Wildman–Crippen LogP) is 2.21. The van der Waals surface area contributed by atoms with Gasteiger partial charge >= 0.3 is 0 Å². The second-order valence-electron chi connectivity index (χ2n) is 7.55. The summed E-state index contributed by atoms with van der Waals surface area (Å²) in [6.45, 7) is 3.19. The maximum absolute atomic E-state index is 12.7. The number of nitrogens with zero attached hydrogens (tertiary/aromatic N) is 3. The van der Waals surface area contributed by atoms with Gasteiger partial charge in [0, 0.05) is 44.3 Å². The Bertz CT molecular complexity index is 654. The van der Waals surface area contributed by atoms with Gasteiger partial charge in [-0.15, -0.1) is 10.2 Å². The molecular weight excluding hydrogens is 356 g/mol. The van der Waals surface area contributed by atoms with Crippen LogP contribution in [0.25, 0.3) is 0 Å². The van der Waals surface area contributed by atoms with Gasteiger partial charge in [0.25, 0.3) is 0 Å². The van der Waals surface area contributed by atoms with E-state index in [1.807, 2.05) is 0 Å². The summed E-state index contributed by atoms with van der Waals surface area (Å²) in [6, 6.07) is 2.00. The molecule has 2 unspecified atom stereocenters. The molecule has 2 saturated heterocycles. The van der Waals surface area contributed by atoms with E-state index < -0.39 is 0 Å². The Morgan fingerprint density at radius 2 is 1.96 bits per heavy atom. The largest absolute Gasteiger partial charge is 0.493 e. The third-order valence-electron chi connectivity index (χ3n) is 5.92. The first kappa shape index (κ1) is 17.8. The van der Waals surface area contributed by atoms with Crippen LogP contribution in [0.4, 0.5) is 5.82 Å². The number of amides is 1. The third-order valence-corrected chi connectivity index (χ3v) is 6.11. The van der Waals surface area contributed by atoms with Crippen molar-refractivity contribution in [2.24, 2.45) is 17.8 Å². The fraction of sp³-hybridized carbons (Fsp3) is 0.722. The molecule has 3 aliphatic rings. The van der Waals surface area contributed by atoms with E-state index in [2.05, 4.69) is 20.4 Å². The zero-order chi connectivity index (χ0) is 18.1. The number of hydrogen-bond donors (Lipinski definition) is 1. The number of rotatable bonds is 4. The van der Waals surface area contributed by atoms with Crippen LogP contribution < -0.4 is 10.1 Å². The van der Waals surface area contributed by atoms with Crippen LogP contribution >= 0.6 is 11.6 Å². The molecule has 1 saturated carbocycles. The van der Waals surface area contributed by atoms with E-state index >= 15 is 0 Å². The van der Waals surface area contributed by atoms with Crippen LogP contribution in [0.1, 0.15) is 25.7 Å². The number of halogens is 1. The average Bonchev–Trinajstić information content (AvgIpc) is 3.22. The first-order valence-corrected chi connectivity index (χ1v) is 9.72. The number of nitrogens with one attached hydrogen (secondary N) is 1. The van der Waals surface area contributed by atoms with Gasteiger partial charge in [0.05, 0.1) is 7.11 Å². The molecule has 3 fully saturated rings. The van der Waals surface area contributed by atoms with Crippen molar-refractivity contribution >= 4 is 23.3 Å². The molecule has 3 atom stereocenters. The highest BCUT2D eigenvalue weighted by Crippen LogP contribution is 2.40. The van der Waals surface area contributed by atoms with E-state index in [4.69, 9.17) is 21.1 Å². The first-order valence-electron chi connectivity index (χ1n) is 9.34. The van der Waals surface area contributed by atoms with Crippen molar-refractivity contribution in [3.05, 3.63) is 11.2 Å². The molecule has 1 aliphatic carbocycles. The molecule has 0 spiro atoms. The Balaban J connectivity index is 1.33. The second kappa shape index (κ2) is 7.56. The fourth-order valence-electron chi connectivity index (χ4n) is 4.60. The Morgan fingerprint density at radius 1 is 1.27 bits per heavy atom. The van der Waals surface area contributed by atoms with Crippen LogP contribution in [0.2, 0.25) is 5.15 Å². The molecule has 2 aliphatic heterocycles. The second-order valence-corrected chi connectivity index (χ2v) is 7.93. The predicted molar refractivity (Wildman–Crippen MR) is 97.3 cm³/mol. The summed E-state index contributed by atoms with van der Waals surface area (Å²) in [4.78, 5) is 14.8. The SMILES string of the molecule is COc1cc(Cl)nnc1NC1CC2CN(C(=O)C3CCOCC3)C[C@H]2C1. The van der Waals surface area contributed by atoms with Gasteiger partial charge < -0.3 is 19.7 Å². The number of carbonyl (C=O) groups excluding carboxylic acids is 1. The van der Waals surface area contributed by atoms with Gasteiger partial charge in [-0.3, -0.25) is 4.79 Å². The summed E-state index contributed by atoms with van der Waals surface area (Å²) in [5.74, 6) is 2.85. The number of fused-ring (bicyclic) bond motifs is 1. The van der Waals surface area contributed by atoms with Crippen molar-refractivity contribution in [3.63, 3.8) is 0 Å². The molecule has 1 amide bonds. The van der Waals surface area contributed by atoms with E-state index in [0.717, 1.165) is 38.8 Å². The van der Waals surface area contributed by atoms with Crippen LogP contribution in [-0.4, -0.2) is 60.5 Å². The van der Waals surface area contributed by atoms with Crippen LogP contribution in [-0.2, 0) is 9.53 Å². The summed E-state index contributed by atoms with van der Waals surface area (Å²) in [5, 5.41) is 11.8. The van der Waals surface area contributed by atoms with Crippen molar-refractivity contribution in [2.75, 3.05) is 38.7 Å². The molecule has 26 heavy (non-hydrogen) atoms. The Kier molecular flexibility index (Phi) is 5.18. The molecule has 0 radical (unpaired) electrons. The van der Waals surface area contributed by atoms with Crippen molar-refractivity contribution < 1.29 is 14.3 Å². The van der Waals surface area contributed by atoms with Gasteiger partial charge in [-0.05, 0) is 37.5 Å². The standard InChI is InChI=1S/C18H25ClN4O3/c1-25-15-8-16(19)21-22-17(15)20-14-6-12-9-23(10-13(12)7-14)18(24)11-2-4-26-5-3-11/h8,11-14H,2-7,9-10H2,1H3,(H,20,22)/t12-,13?,14?/m1/s1. The molecular formula is C18H25ClN4O3. The minimum atomic E-state index is 0.158. The van der Waals surface area contributed by atoms with Gasteiger partial charge in [0.2, 0.25) is 5.91 Å². The molecule has 4 rings (SSSR count). The van der Waals surface area contributed by atoms with E-state index in [-0.39, 0.29) is 5.92 Å². The van der Waals surface area contributed by atoms with E-state index in [0.29, 0.717) is 53.7 Å². The summed E-state index contributed by atoms with van der Waals surface area (Å²) in [6.07, 6.45) is 3.80. The minimum Gasteiger partial charge on any atom is -0.493 e. The summed E-state index contributed by atoms with van der Waals surface area (Å²) >= 11 is 5.87. The number of hydrogen-bond acceptors (Lipinski definition) is 6. The topological polar surface area (TPSA) is 76.6 Å². The number of aromatic nitrogens is 2. The molecule has 3 heterocycles. The highest BCUT2D eigenvalue weighted by atomic mass is 35.5. The maximum atomic E-state index is 12.7. The maximum Gasteiger partial charge on any atom is 0.225 e. The van der Waals surface area contributed by atoms with Crippen molar-refractivity contribution in [2.45, 2.75) is 31.7 Å². The average molecular weight is 381 g/mol. The lowest BCUT2D eigenvalue weighted by Crippen LogP contribution is -2.38. The van der Waals surface area contributed by atoms with Crippen molar-refractivity contribution in [1.29, 1.82) is 0 Å². The van der Waals surface area contributed by atoms with E-state index in [9.17, 15) is 4.79 Å². The van der Waals surface area contributed by atoms with Crippen molar-refractivity contribution in [1.82, 2.24) is 15.1 Å². The van der Waals surface area contributed by atoms with Gasteiger partial charge in [-0.2, -0.15) is 0 Å². The molecule has 8 heteroatoms. The zero-order valence-corrected chi connectivity index (χ0v) is 15.7. The lowest BCUT2D eigenvalue weighted by atomic mass is 9.98. The fourth-order valence-corrected chi connectivity index (χ4v) is 4.74. The molecule has 1 aromatic heterocycles. The minimum absolute atomic E-state index is 0.158. The van der Waals surface area contributed by atoms with Crippen LogP contribution in [0.15, 0.2) is 6.07 Å². The lowest BCUT2D eigenvalue weighted by Gasteiger charge is -2.27. The van der Waals surface area contributed by atoms with Gasteiger partial charge in [0.1, 0.15) is 0 Å². The van der Waals surface area contributed by atoms with Gasteiger partial charge in [-0.25, -0.2) is 0 Å². The number of ether oxygens (including phenoxy) is 2. The normalized spacial score (nSPS) is 28.8. The molecule has 7 nitrogen and oxygen atoms in total. The molecule has 0 bridgehead atoms. The number of methoxy groups -OCH3 is 1. The van der Waals surface area contributed by atoms with Crippen LogP contribution in [0.5, 0.6) is 5.75 Å². The quantitative estimate of drug-likeness (QED) is 0.863. The zero-order valence-electron chi connectivity index (χ0n) is 15.0. The molecule has 0 aromatic carbocycles. The first-order chi connectivity index (χ1) is 12.6. The lowest BCUT2D eigenvalue weighted by molar-refractivity contribution is -0.137. The number of anilines is 1. The number of likely N-dealkylation sites (tertiary alicyclic amines) is 1. The highest BCUT2D eigenvalue weighted by molar-refractivity contribution is 6.29. The smallest absolute Gasteiger partial charge is 0.225 e. The highest BCUT2D eigenvalue weighted by Gasteiger charge is 2.43.